The summed E-state index contributed by atoms with van der Waals surface area (Å²) in [7, 11) is 0. The lowest BCUT2D eigenvalue weighted by Gasteiger charge is -2.18. The number of hydrogen-bond donors (Lipinski definition) is 1. The smallest absolute Gasteiger partial charge is 0.177 e. The van der Waals surface area contributed by atoms with Crippen molar-refractivity contribution in [3.8, 4) is 0 Å². The van der Waals surface area contributed by atoms with Gasteiger partial charge in [-0.3, -0.25) is 0 Å². The average molecular weight is 128 g/mol. The molecule has 2 heteroatoms. The lowest BCUT2D eigenvalue weighted by atomic mass is 10.1. The van der Waals surface area contributed by atoms with Gasteiger partial charge in [0.1, 0.15) is 0 Å². The molecular formula is C7H12O2. The summed E-state index contributed by atoms with van der Waals surface area (Å²) in [5.41, 5.74) is 1.02. The summed E-state index contributed by atoms with van der Waals surface area (Å²) in [6, 6.07) is 0. The van der Waals surface area contributed by atoms with Crippen LogP contribution in [-0.4, -0.2) is 18.0 Å². The lowest BCUT2D eigenvalue weighted by Crippen LogP contribution is -2.19. The van der Waals surface area contributed by atoms with Crippen molar-refractivity contribution in [3.05, 3.63) is 11.6 Å². The van der Waals surface area contributed by atoms with Crippen LogP contribution in [0.5, 0.6) is 0 Å². The number of ether oxygens (including phenoxy) is 1. The molecule has 2 nitrogen and oxygen atoms in total. The third-order valence-electron chi connectivity index (χ3n) is 1.53. The van der Waals surface area contributed by atoms with Crippen molar-refractivity contribution in [2.45, 2.75) is 26.1 Å². The lowest BCUT2D eigenvalue weighted by molar-refractivity contribution is -0.0791. The van der Waals surface area contributed by atoms with Crippen LogP contribution in [0.25, 0.3) is 0 Å². The van der Waals surface area contributed by atoms with Gasteiger partial charge in [-0.05, 0) is 18.4 Å². The minimum Gasteiger partial charge on any atom is -0.364 e. The van der Waals surface area contributed by atoms with E-state index in [4.69, 9.17) is 9.84 Å². The summed E-state index contributed by atoms with van der Waals surface area (Å²) in [5.74, 6) is 0. The number of hydrogen-bond acceptors (Lipinski definition) is 2. The van der Waals surface area contributed by atoms with Crippen LogP contribution < -0.4 is 0 Å². The summed E-state index contributed by atoms with van der Waals surface area (Å²) in [4.78, 5) is 0. The molecule has 0 saturated carbocycles. The zero-order valence-corrected chi connectivity index (χ0v) is 5.63. The highest BCUT2D eigenvalue weighted by atomic mass is 16.6. The molecule has 0 saturated heterocycles. The molecule has 1 aliphatic rings. The Morgan fingerprint density at radius 1 is 1.89 bits per heavy atom. The van der Waals surface area contributed by atoms with Crippen molar-refractivity contribution < 1.29 is 9.84 Å². The van der Waals surface area contributed by atoms with Crippen LogP contribution in [0, 0.1) is 0 Å². The molecule has 0 amide bonds. The Bertz CT molecular complexity index is 118. The van der Waals surface area contributed by atoms with E-state index >= 15 is 0 Å². The molecule has 1 N–H and O–H groups in total. The summed E-state index contributed by atoms with van der Waals surface area (Å²) in [6.07, 6.45) is 3.26. The Morgan fingerprint density at radius 3 is 3.11 bits per heavy atom. The van der Waals surface area contributed by atoms with Gasteiger partial charge >= 0.3 is 0 Å². The Kier molecular flexibility index (Phi) is 2.25. The molecule has 1 atom stereocenters. The zero-order chi connectivity index (χ0) is 6.69. The van der Waals surface area contributed by atoms with Gasteiger partial charge in [-0.2, -0.15) is 0 Å². The molecule has 52 valence electrons. The van der Waals surface area contributed by atoms with E-state index in [9.17, 15) is 0 Å². The van der Waals surface area contributed by atoms with Crippen molar-refractivity contribution in [2.75, 3.05) is 6.61 Å². The average Bonchev–Trinajstić information content (AvgIpc) is 1.89. The SMILES string of the molecule is CCC1=CCCOC1O. The van der Waals surface area contributed by atoms with Crippen LogP contribution in [0.15, 0.2) is 11.6 Å². The standard InChI is InChI=1S/C7H12O2/c1-2-6-4-3-5-9-7(6)8/h4,7-8H,2-3,5H2,1H3. The van der Waals surface area contributed by atoms with Gasteiger partial charge in [0, 0.05) is 0 Å². The fraction of sp³-hybridized carbons (Fsp3) is 0.714. The van der Waals surface area contributed by atoms with Crippen LogP contribution >= 0.6 is 0 Å². The fourth-order valence-corrected chi connectivity index (χ4v) is 0.951. The van der Waals surface area contributed by atoms with Gasteiger partial charge in [-0.1, -0.05) is 13.0 Å². The first-order valence-corrected chi connectivity index (χ1v) is 3.33. The van der Waals surface area contributed by atoms with Crippen LogP contribution in [-0.2, 0) is 4.74 Å². The molecule has 0 fully saturated rings. The van der Waals surface area contributed by atoms with Gasteiger partial charge < -0.3 is 9.84 Å². The fourth-order valence-electron chi connectivity index (χ4n) is 0.951. The predicted octanol–water partition coefficient (Wildman–Crippen LogP) is 1.06. The van der Waals surface area contributed by atoms with Gasteiger partial charge in [0.05, 0.1) is 6.61 Å². The van der Waals surface area contributed by atoms with Gasteiger partial charge in [0.15, 0.2) is 6.29 Å². The van der Waals surface area contributed by atoms with E-state index in [1.807, 2.05) is 13.0 Å². The molecule has 1 aliphatic heterocycles. The maximum Gasteiger partial charge on any atom is 0.177 e. The van der Waals surface area contributed by atoms with Gasteiger partial charge in [-0.25, -0.2) is 0 Å². The monoisotopic (exact) mass is 128 g/mol. The predicted molar refractivity (Wildman–Crippen MR) is 34.9 cm³/mol. The summed E-state index contributed by atoms with van der Waals surface area (Å²) in [5, 5.41) is 9.08. The minimum atomic E-state index is -0.622. The molecule has 0 aromatic rings. The molecule has 0 aliphatic carbocycles. The minimum absolute atomic E-state index is 0.622. The quantitative estimate of drug-likeness (QED) is 0.535. The van der Waals surface area contributed by atoms with Crippen LogP contribution in [0.1, 0.15) is 19.8 Å². The summed E-state index contributed by atoms with van der Waals surface area (Å²) < 4.78 is 4.97. The molecule has 1 heterocycles. The van der Waals surface area contributed by atoms with Crippen molar-refractivity contribution >= 4 is 0 Å². The number of rotatable bonds is 1. The third-order valence-corrected chi connectivity index (χ3v) is 1.53. The molecule has 0 aromatic carbocycles. The van der Waals surface area contributed by atoms with Crippen molar-refractivity contribution in [1.29, 1.82) is 0 Å². The highest BCUT2D eigenvalue weighted by Crippen LogP contribution is 2.14. The van der Waals surface area contributed by atoms with E-state index in [-0.39, 0.29) is 0 Å². The molecule has 0 aromatic heterocycles. The number of aliphatic hydroxyl groups excluding tert-OH is 1. The molecule has 1 rings (SSSR count). The summed E-state index contributed by atoms with van der Waals surface area (Å²) in [6.45, 7) is 2.68. The van der Waals surface area contributed by atoms with Gasteiger partial charge in [0.25, 0.3) is 0 Å². The Morgan fingerprint density at radius 2 is 2.67 bits per heavy atom. The molecule has 0 bridgehead atoms. The van der Waals surface area contributed by atoms with E-state index in [0.717, 1.165) is 18.4 Å². The second kappa shape index (κ2) is 2.99. The maximum absolute atomic E-state index is 9.08. The van der Waals surface area contributed by atoms with Crippen LogP contribution in [0.4, 0.5) is 0 Å². The second-order valence-corrected chi connectivity index (χ2v) is 2.14. The Hall–Kier alpha value is -0.340. The van der Waals surface area contributed by atoms with Crippen molar-refractivity contribution in [2.24, 2.45) is 0 Å². The third kappa shape index (κ3) is 1.53. The van der Waals surface area contributed by atoms with E-state index < -0.39 is 6.29 Å². The van der Waals surface area contributed by atoms with Gasteiger partial charge in [-0.15, -0.1) is 0 Å². The topological polar surface area (TPSA) is 29.5 Å². The highest BCUT2D eigenvalue weighted by molar-refractivity contribution is 5.06. The normalized spacial score (nSPS) is 27.8. The van der Waals surface area contributed by atoms with Crippen molar-refractivity contribution in [3.63, 3.8) is 0 Å². The molecule has 0 spiro atoms. The molecule has 9 heavy (non-hydrogen) atoms. The highest BCUT2D eigenvalue weighted by Gasteiger charge is 2.11. The van der Waals surface area contributed by atoms with E-state index in [1.165, 1.54) is 0 Å². The second-order valence-electron chi connectivity index (χ2n) is 2.14. The van der Waals surface area contributed by atoms with Crippen molar-refractivity contribution in [1.82, 2.24) is 0 Å². The Balaban J connectivity index is 2.53. The van der Waals surface area contributed by atoms with Gasteiger partial charge in [0.2, 0.25) is 0 Å². The first-order chi connectivity index (χ1) is 4.34. The largest absolute Gasteiger partial charge is 0.364 e. The Labute approximate surface area is 55.1 Å². The molecule has 1 unspecified atom stereocenters. The number of aliphatic hydroxyl groups is 1. The van der Waals surface area contributed by atoms with E-state index in [0.29, 0.717) is 6.61 Å². The van der Waals surface area contributed by atoms with E-state index in [1.54, 1.807) is 0 Å². The maximum atomic E-state index is 9.08. The van der Waals surface area contributed by atoms with E-state index in [2.05, 4.69) is 0 Å². The van der Waals surface area contributed by atoms with Crippen LogP contribution in [0.3, 0.4) is 0 Å². The summed E-state index contributed by atoms with van der Waals surface area (Å²) >= 11 is 0. The molecular weight excluding hydrogens is 116 g/mol. The van der Waals surface area contributed by atoms with Crippen LogP contribution in [0.2, 0.25) is 0 Å². The first-order valence-electron chi connectivity index (χ1n) is 3.33. The first kappa shape index (κ1) is 6.78. The zero-order valence-electron chi connectivity index (χ0n) is 5.63. The molecule has 0 radical (unpaired) electrons.